The van der Waals surface area contributed by atoms with Crippen LogP contribution in [-0.4, -0.2) is 88.7 Å². The van der Waals surface area contributed by atoms with Crippen LogP contribution in [0, 0.1) is 0 Å². The van der Waals surface area contributed by atoms with Crippen molar-refractivity contribution in [2.24, 2.45) is 0 Å². The Balaban J connectivity index is 0.00000137. The molecule has 1 aliphatic rings. The summed E-state index contributed by atoms with van der Waals surface area (Å²) < 4.78 is 11.2. The number of aldehydes is 1. The summed E-state index contributed by atoms with van der Waals surface area (Å²) in [6, 6.07) is 14.3. The summed E-state index contributed by atoms with van der Waals surface area (Å²) in [7, 11) is 0. The topological polar surface area (TPSA) is 108 Å². The van der Waals surface area contributed by atoms with E-state index < -0.39 is 16.9 Å². The second-order valence-corrected chi connectivity index (χ2v) is 9.72. The van der Waals surface area contributed by atoms with E-state index in [2.05, 4.69) is 27.1 Å². The number of carbonyl (C=O) groups excluding carboxylic acids is 2. The van der Waals surface area contributed by atoms with Gasteiger partial charge in [-0.3, -0.25) is 0 Å². The Bertz CT molecular complexity index is 930. The Labute approximate surface area is 220 Å². The number of rotatable bonds is 10. The molecule has 1 aliphatic heterocycles. The van der Waals surface area contributed by atoms with Crippen LogP contribution in [0.15, 0.2) is 48.5 Å². The first-order valence-corrected chi connectivity index (χ1v) is 12.8. The number of carbonyl (C=O) groups is 2. The molecule has 0 spiro atoms. The Morgan fingerprint density at radius 2 is 1.91 bits per heavy atom. The van der Waals surface area contributed by atoms with Crippen LogP contribution in [0.25, 0.3) is 0 Å². The molecule has 4 unspecified atom stereocenters. The van der Waals surface area contributed by atoms with Gasteiger partial charge in [-0.1, -0.05) is 11.6 Å². The Morgan fingerprint density at radius 3 is 2.57 bits per heavy atom. The summed E-state index contributed by atoms with van der Waals surface area (Å²) in [5.41, 5.74) is 0.499. The number of β-amino-alcohol motifs (C(OH)–C–C–N with tert-alkyl or cyclic N) is 1. The minimum Gasteiger partial charge on any atom is -0.304 e. The molecule has 1 heterocycles. The average molecular weight is 567 g/mol. The number of para-hydroxylation sites is 2. The maximum absolute atomic E-state index is 12.2. The number of nitrogens with one attached hydrogen (secondary N) is 1. The quantitative estimate of drug-likeness (QED) is 0.300. The van der Waals surface area contributed by atoms with Gasteiger partial charge in [-0.25, -0.2) is 0 Å². The van der Waals surface area contributed by atoms with Crippen LogP contribution in [0.4, 0.5) is 5.69 Å². The first kappa shape index (κ1) is 29.1. The van der Waals surface area contributed by atoms with Gasteiger partial charge in [-0.15, -0.1) is 0 Å². The minimum atomic E-state index is -0.780. The van der Waals surface area contributed by atoms with Gasteiger partial charge in [0.05, 0.1) is 0 Å². The Kier molecular flexibility index (Phi) is 12.6. The number of anilines is 1. The number of aliphatic hydroxyl groups excluding tert-OH is 2. The van der Waals surface area contributed by atoms with E-state index in [-0.39, 0.29) is 18.6 Å². The third-order valence-electron chi connectivity index (χ3n) is 5.12. The molecule has 2 aromatic rings. The number of nitrogens with zero attached hydrogens (tertiary/aromatic N) is 1. The van der Waals surface area contributed by atoms with Crippen molar-refractivity contribution in [2.45, 2.75) is 43.3 Å². The summed E-state index contributed by atoms with van der Waals surface area (Å²) in [6.07, 6.45) is 0.221. The van der Waals surface area contributed by atoms with Gasteiger partial charge in [0, 0.05) is 5.02 Å². The molecule has 4 atom stereocenters. The van der Waals surface area contributed by atoms with Gasteiger partial charge in [0.25, 0.3) is 0 Å². The van der Waals surface area contributed by atoms with Crippen molar-refractivity contribution in [3.8, 4) is 11.5 Å². The fraction of sp³-hybridized carbons (Fsp3) is 0.440. The third kappa shape index (κ3) is 10.2. The van der Waals surface area contributed by atoms with E-state index in [9.17, 15) is 15.0 Å². The molecule has 1 fully saturated rings. The molecule has 3 N–H and O–H groups in total. The van der Waals surface area contributed by atoms with E-state index in [0.717, 1.165) is 31.5 Å². The first-order chi connectivity index (χ1) is 16.7. The van der Waals surface area contributed by atoms with Crippen LogP contribution in [0.2, 0.25) is 9.73 Å². The molecule has 1 saturated heterocycles. The van der Waals surface area contributed by atoms with Gasteiger partial charge in [0.1, 0.15) is 12.0 Å². The number of aliphatic hydroxyl groups is 2. The third-order valence-corrected chi connectivity index (χ3v) is 6.77. The second kappa shape index (κ2) is 15.1. The summed E-state index contributed by atoms with van der Waals surface area (Å²) in [5.74, 6) is 0.934. The Hall–Kier alpha value is -2.09. The predicted molar refractivity (Wildman–Crippen MR) is 136 cm³/mol. The average Bonchev–Trinajstić information content (AvgIpc) is 3.26. The van der Waals surface area contributed by atoms with Crippen LogP contribution >= 0.6 is 11.6 Å². The zero-order chi connectivity index (χ0) is 25.8. The number of halogens is 1. The molecule has 0 aromatic heterocycles. The molecule has 0 aliphatic carbocycles. The van der Waals surface area contributed by atoms with Gasteiger partial charge in [0.2, 0.25) is 0 Å². The molecule has 3 rings (SSSR count). The van der Waals surface area contributed by atoms with Crippen LogP contribution in [-0.2, 0) is 9.59 Å². The summed E-state index contributed by atoms with van der Waals surface area (Å²) >= 11 is 8.07. The van der Waals surface area contributed by atoms with Crippen LogP contribution < -0.4 is 14.8 Å². The van der Waals surface area contributed by atoms with Crippen molar-refractivity contribution in [3.05, 3.63) is 53.6 Å². The number of benzene rings is 2. The summed E-state index contributed by atoms with van der Waals surface area (Å²) in [5, 5.41) is 23.5. The predicted octanol–water partition coefficient (Wildman–Crippen LogP) is 2.71. The normalized spacial score (nSPS) is 17.9. The van der Waals surface area contributed by atoms with Crippen molar-refractivity contribution in [1.29, 1.82) is 0 Å². The monoisotopic (exact) mass is 566 g/mol. The standard InChI is InChI=1S/C23H28AsClN2O5.C2H4O/c1-15(28)22(24)23(30)26-20-4-2-3-5-21(20)31-14-17(29)12-27-11-10-19(13-27)32-18-8-6-16(25)7-9-18;1-2-3/h2-9,15,17,19,22,28-29H,10-14H2,1H3,(H,26,30);2H,1H3. The number of amides is 1. The minimum absolute atomic E-state index is 0.0644. The first-order valence-electron chi connectivity index (χ1n) is 11.3. The maximum Gasteiger partial charge on any atom is 0.116 e. The zero-order valence-corrected chi connectivity index (χ0v) is 22.5. The van der Waals surface area contributed by atoms with Gasteiger partial charge in [0.15, 0.2) is 0 Å². The molecule has 35 heavy (non-hydrogen) atoms. The van der Waals surface area contributed by atoms with Crippen molar-refractivity contribution >= 4 is 46.3 Å². The van der Waals surface area contributed by atoms with Crippen molar-refractivity contribution in [1.82, 2.24) is 4.90 Å². The summed E-state index contributed by atoms with van der Waals surface area (Å²) in [4.78, 5) is 23.2. The number of ether oxygens (including phenoxy) is 2. The molecular formula is C25H32AsClN2O6. The molecule has 1 amide bonds. The molecular weight excluding hydrogens is 535 g/mol. The number of hydrogen-bond donors (Lipinski definition) is 3. The molecule has 0 bridgehead atoms. The Morgan fingerprint density at radius 1 is 1.26 bits per heavy atom. The van der Waals surface area contributed by atoms with E-state index in [1.54, 1.807) is 43.3 Å². The fourth-order valence-electron chi connectivity index (χ4n) is 3.42. The van der Waals surface area contributed by atoms with E-state index in [0.29, 0.717) is 23.0 Å². The van der Waals surface area contributed by atoms with Gasteiger partial charge in [-0.05, 0) is 31.2 Å². The number of likely N-dealkylation sites (tertiary alicyclic amines) is 1. The molecule has 190 valence electrons. The second-order valence-electron chi connectivity index (χ2n) is 8.11. The maximum atomic E-state index is 12.2. The van der Waals surface area contributed by atoms with Gasteiger partial charge < -0.3 is 9.53 Å². The summed E-state index contributed by atoms with van der Waals surface area (Å²) in [6.45, 7) is 5.11. The van der Waals surface area contributed by atoms with E-state index in [4.69, 9.17) is 25.9 Å². The molecule has 8 nitrogen and oxygen atoms in total. The smallest absolute Gasteiger partial charge is 0.116 e. The van der Waals surface area contributed by atoms with Crippen molar-refractivity contribution < 1.29 is 29.3 Å². The van der Waals surface area contributed by atoms with Crippen LogP contribution in [0.3, 0.4) is 0 Å². The zero-order valence-electron chi connectivity index (χ0n) is 19.8. The largest absolute Gasteiger partial charge is 0.304 e. The number of hydrogen-bond acceptors (Lipinski definition) is 7. The molecule has 10 heteroatoms. The fourth-order valence-corrected chi connectivity index (χ4v) is 3.68. The van der Waals surface area contributed by atoms with Crippen molar-refractivity contribution in [2.75, 3.05) is 31.6 Å². The van der Waals surface area contributed by atoms with E-state index in [1.807, 2.05) is 12.1 Å². The van der Waals surface area contributed by atoms with E-state index >= 15 is 0 Å². The SMILES string of the molecule is CC(O)C([As])C(=O)Nc1ccccc1OCC(O)CN1CCC(Oc2ccc(Cl)cc2)C1.CC=O. The molecule has 0 saturated carbocycles. The van der Waals surface area contributed by atoms with Crippen molar-refractivity contribution in [3.63, 3.8) is 0 Å². The van der Waals surface area contributed by atoms with Crippen LogP contribution in [0.5, 0.6) is 11.5 Å². The van der Waals surface area contributed by atoms with Gasteiger partial charge >= 0.3 is 151 Å². The van der Waals surface area contributed by atoms with E-state index in [1.165, 1.54) is 6.92 Å². The molecule has 2 aromatic carbocycles. The molecule has 2 radical (unpaired) electrons. The van der Waals surface area contributed by atoms with Crippen LogP contribution in [0.1, 0.15) is 20.3 Å². The van der Waals surface area contributed by atoms with Gasteiger partial charge in [-0.2, -0.15) is 0 Å².